The number of carbonyl (C=O) groups excluding carboxylic acids is 1. The Bertz CT molecular complexity index is 213. The lowest BCUT2D eigenvalue weighted by atomic mass is 10.0. The minimum Gasteiger partial charge on any atom is -0.463 e. The summed E-state index contributed by atoms with van der Waals surface area (Å²) >= 11 is 0. The number of esters is 1. The van der Waals surface area contributed by atoms with Crippen molar-refractivity contribution in [2.24, 2.45) is 0 Å². The molecule has 0 heterocycles. The largest absolute Gasteiger partial charge is 0.463 e. The lowest BCUT2D eigenvalue weighted by Crippen LogP contribution is -2.15. The van der Waals surface area contributed by atoms with Crippen molar-refractivity contribution in [3.8, 4) is 0 Å². The first kappa shape index (κ1) is 19.5. The van der Waals surface area contributed by atoms with Crippen LogP contribution in [0.3, 0.4) is 0 Å². The third-order valence-electron chi connectivity index (χ3n) is 3.82. The predicted octanol–water partition coefficient (Wildman–Crippen LogP) is 6.03. The van der Waals surface area contributed by atoms with Gasteiger partial charge in [-0.15, -0.1) is 0 Å². The van der Waals surface area contributed by atoms with Crippen molar-refractivity contribution >= 4 is 5.97 Å². The third kappa shape index (κ3) is 13.9. The highest BCUT2D eigenvalue weighted by Crippen LogP contribution is 2.15. The standard InChI is InChI=1S/C18H36O2/c1-4-6-7-8-9-10-11-12-13-14-16-18(15-5-2)20-17(3)19/h18H,4-16H2,1-3H3. The highest BCUT2D eigenvalue weighted by Gasteiger charge is 2.10. The van der Waals surface area contributed by atoms with Gasteiger partial charge < -0.3 is 4.74 Å². The van der Waals surface area contributed by atoms with Crippen LogP contribution in [-0.2, 0) is 9.53 Å². The van der Waals surface area contributed by atoms with E-state index in [1.165, 1.54) is 71.1 Å². The second-order valence-electron chi connectivity index (χ2n) is 5.99. The number of hydrogen-bond donors (Lipinski definition) is 0. The molecule has 0 aromatic carbocycles. The van der Waals surface area contributed by atoms with Crippen LogP contribution < -0.4 is 0 Å². The molecule has 0 radical (unpaired) electrons. The highest BCUT2D eigenvalue weighted by atomic mass is 16.5. The second kappa shape index (κ2) is 14.9. The topological polar surface area (TPSA) is 26.3 Å². The van der Waals surface area contributed by atoms with Crippen LogP contribution in [0.2, 0.25) is 0 Å². The van der Waals surface area contributed by atoms with Crippen LogP contribution in [-0.4, -0.2) is 12.1 Å². The molecule has 0 aliphatic carbocycles. The van der Waals surface area contributed by atoms with E-state index in [9.17, 15) is 4.79 Å². The smallest absolute Gasteiger partial charge is 0.302 e. The maximum atomic E-state index is 11.0. The zero-order chi connectivity index (χ0) is 15.1. The molecule has 2 heteroatoms. The molecular weight excluding hydrogens is 248 g/mol. The van der Waals surface area contributed by atoms with Crippen LogP contribution in [0.5, 0.6) is 0 Å². The fraction of sp³-hybridized carbons (Fsp3) is 0.944. The minimum atomic E-state index is -0.129. The summed E-state index contributed by atoms with van der Waals surface area (Å²) in [5.74, 6) is -0.129. The van der Waals surface area contributed by atoms with Gasteiger partial charge in [0.25, 0.3) is 0 Å². The third-order valence-corrected chi connectivity index (χ3v) is 3.82. The van der Waals surface area contributed by atoms with Gasteiger partial charge in [-0.2, -0.15) is 0 Å². The Kier molecular flexibility index (Phi) is 14.5. The quantitative estimate of drug-likeness (QED) is 0.287. The second-order valence-corrected chi connectivity index (χ2v) is 5.99. The molecule has 0 rings (SSSR count). The zero-order valence-electron chi connectivity index (χ0n) is 14.1. The van der Waals surface area contributed by atoms with E-state index in [-0.39, 0.29) is 12.1 Å². The van der Waals surface area contributed by atoms with Crippen molar-refractivity contribution in [3.05, 3.63) is 0 Å². The minimum absolute atomic E-state index is 0.129. The summed E-state index contributed by atoms with van der Waals surface area (Å²) in [5, 5.41) is 0. The molecule has 0 fully saturated rings. The molecule has 20 heavy (non-hydrogen) atoms. The van der Waals surface area contributed by atoms with Gasteiger partial charge in [0, 0.05) is 6.92 Å². The fourth-order valence-electron chi connectivity index (χ4n) is 2.68. The molecule has 120 valence electrons. The van der Waals surface area contributed by atoms with Crippen molar-refractivity contribution in [3.63, 3.8) is 0 Å². The van der Waals surface area contributed by atoms with E-state index < -0.39 is 0 Å². The van der Waals surface area contributed by atoms with Gasteiger partial charge in [0.2, 0.25) is 0 Å². The lowest BCUT2D eigenvalue weighted by Gasteiger charge is -2.15. The Balaban J connectivity index is 3.34. The molecule has 0 aromatic heterocycles. The van der Waals surface area contributed by atoms with Crippen molar-refractivity contribution in [2.75, 3.05) is 0 Å². The molecule has 0 spiro atoms. The number of carbonyl (C=O) groups is 1. The summed E-state index contributed by atoms with van der Waals surface area (Å²) in [6, 6.07) is 0. The molecule has 0 aliphatic heterocycles. The maximum Gasteiger partial charge on any atom is 0.302 e. The van der Waals surface area contributed by atoms with E-state index in [0.717, 1.165) is 19.3 Å². The molecule has 2 nitrogen and oxygen atoms in total. The van der Waals surface area contributed by atoms with Crippen LogP contribution in [0.4, 0.5) is 0 Å². The van der Waals surface area contributed by atoms with Gasteiger partial charge in [-0.25, -0.2) is 0 Å². The van der Waals surface area contributed by atoms with Crippen LogP contribution in [0.1, 0.15) is 104 Å². The number of rotatable bonds is 14. The van der Waals surface area contributed by atoms with Crippen LogP contribution in [0, 0.1) is 0 Å². The van der Waals surface area contributed by atoms with E-state index >= 15 is 0 Å². The molecule has 1 atom stereocenters. The van der Waals surface area contributed by atoms with Crippen molar-refractivity contribution in [1.82, 2.24) is 0 Å². The first-order chi connectivity index (χ1) is 9.70. The molecule has 0 amide bonds. The Morgan fingerprint density at radius 1 is 0.750 bits per heavy atom. The molecule has 0 saturated carbocycles. The van der Waals surface area contributed by atoms with Gasteiger partial charge in [0.15, 0.2) is 0 Å². The number of unbranched alkanes of at least 4 members (excludes halogenated alkanes) is 9. The molecular formula is C18H36O2. The number of hydrogen-bond acceptors (Lipinski definition) is 2. The van der Waals surface area contributed by atoms with Gasteiger partial charge in [0.05, 0.1) is 0 Å². The monoisotopic (exact) mass is 284 g/mol. The predicted molar refractivity (Wildman–Crippen MR) is 86.9 cm³/mol. The van der Waals surface area contributed by atoms with Crippen molar-refractivity contribution < 1.29 is 9.53 Å². The van der Waals surface area contributed by atoms with Crippen LogP contribution in [0.25, 0.3) is 0 Å². The average molecular weight is 284 g/mol. The summed E-state index contributed by atoms with van der Waals surface area (Å²) in [4.78, 5) is 11.0. The summed E-state index contributed by atoms with van der Waals surface area (Å²) in [7, 11) is 0. The summed E-state index contributed by atoms with van der Waals surface area (Å²) < 4.78 is 5.33. The van der Waals surface area contributed by atoms with Gasteiger partial charge in [0.1, 0.15) is 6.10 Å². The summed E-state index contributed by atoms with van der Waals surface area (Å²) in [5.41, 5.74) is 0. The molecule has 0 N–H and O–H groups in total. The Hall–Kier alpha value is -0.530. The molecule has 0 aliphatic rings. The van der Waals surface area contributed by atoms with Crippen molar-refractivity contribution in [1.29, 1.82) is 0 Å². The van der Waals surface area contributed by atoms with Gasteiger partial charge in [-0.05, 0) is 19.3 Å². The maximum absolute atomic E-state index is 11.0. The molecule has 0 bridgehead atoms. The lowest BCUT2D eigenvalue weighted by molar-refractivity contribution is -0.147. The van der Waals surface area contributed by atoms with Crippen LogP contribution in [0.15, 0.2) is 0 Å². The van der Waals surface area contributed by atoms with E-state index in [0.29, 0.717) is 0 Å². The molecule has 0 aromatic rings. The molecule has 1 unspecified atom stereocenters. The Morgan fingerprint density at radius 2 is 1.25 bits per heavy atom. The first-order valence-electron chi connectivity index (χ1n) is 8.87. The average Bonchev–Trinajstić information content (AvgIpc) is 2.40. The fourth-order valence-corrected chi connectivity index (χ4v) is 2.68. The van der Waals surface area contributed by atoms with Crippen LogP contribution >= 0.6 is 0 Å². The molecule has 0 saturated heterocycles. The SMILES string of the molecule is CCCCCCCCCCCCC(CCC)OC(C)=O. The first-order valence-corrected chi connectivity index (χ1v) is 8.87. The van der Waals surface area contributed by atoms with Crippen molar-refractivity contribution in [2.45, 2.75) is 110 Å². The summed E-state index contributed by atoms with van der Waals surface area (Å²) in [6.45, 7) is 5.93. The Morgan fingerprint density at radius 3 is 1.70 bits per heavy atom. The van der Waals surface area contributed by atoms with E-state index in [1.54, 1.807) is 0 Å². The number of ether oxygens (including phenoxy) is 1. The van der Waals surface area contributed by atoms with Gasteiger partial charge in [-0.1, -0.05) is 78.1 Å². The summed E-state index contributed by atoms with van der Waals surface area (Å²) in [6.07, 6.45) is 16.9. The van der Waals surface area contributed by atoms with E-state index in [2.05, 4.69) is 13.8 Å². The Labute approximate surface area is 126 Å². The van der Waals surface area contributed by atoms with E-state index in [4.69, 9.17) is 4.74 Å². The normalized spacial score (nSPS) is 12.3. The van der Waals surface area contributed by atoms with E-state index in [1.807, 2.05) is 0 Å². The highest BCUT2D eigenvalue weighted by molar-refractivity contribution is 5.66. The zero-order valence-corrected chi connectivity index (χ0v) is 14.1. The van der Waals surface area contributed by atoms with Gasteiger partial charge in [-0.3, -0.25) is 4.79 Å². The van der Waals surface area contributed by atoms with Gasteiger partial charge >= 0.3 is 5.97 Å².